The molecule has 0 spiro atoms. The maximum absolute atomic E-state index is 12.9. The molecule has 1 saturated carbocycles. The Hall–Kier alpha value is -2.57. The maximum atomic E-state index is 12.9. The summed E-state index contributed by atoms with van der Waals surface area (Å²) in [5.74, 6) is 0.511. The number of aromatic nitrogens is 2. The van der Waals surface area contributed by atoms with Gasteiger partial charge in [-0.1, -0.05) is 0 Å². The lowest BCUT2D eigenvalue weighted by Crippen LogP contribution is -2.44. The largest absolute Gasteiger partial charge is 0.444 e. The molecule has 3 atom stereocenters. The molecule has 2 aromatic heterocycles. The lowest BCUT2D eigenvalue weighted by molar-refractivity contribution is -0.125. The van der Waals surface area contributed by atoms with Crippen molar-refractivity contribution in [3.63, 3.8) is 0 Å². The van der Waals surface area contributed by atoms with E-state index in [0.717, 1.165) is 11.2 Å². The Morgan fingerprint density at radius 1 is 1.14 bits per heavy atom. The molecule has 7 nitrogen and oxygen atoms in total. The van der Waals surface area contributed by atoms with E-state index in [4.69, 9.17) is 4.74 Å². The molecule has 2 amide bonds. The van der Waals surface area contributed by atoms with Crippen molar-refractivity contribution in [2.24, 2.45) is 17.8 Å². The summed E-state index contributed by atoms with van der Waals surface area (Å²) in [4.78, 5) is 31.1. The summed E-state index contributed by atoms with van der Waals surface area (Å²) in [6.45, 7) is 10.8. The number of nitrogens with zero attached hydrogens (tertiary/aromatic N) is 3. The van der Waals surface area contributed by atoms with Gasteiger partial charge in [-0.15, -0.1) is 0 Å². The number of pyridine rings is 1. The molecule has 1 aliphatic heterocycles. The van der Waals surface area contributed by atoms with Crippen LogP contribution in [0.2, 0.25) is 0 Å². The van der Waals surface area contributed by atoms with Crippen LogP contribution >= 0.6 is 0 Å². The Labute approximate surface area is 165 Å². The highest BCUT2D eigenvalue weighted by atomic mass is 16.6. The number of carbonyl (C=O) groups is 2. The maximum Gasteiger partial charge on any atom is 0.410 e. The van der Waals surface area contributed by atoms with E-state index in [9.17, 15) is 9.59 Å². The molecule has 0 bridgehead atoms. The number of fused-ring (bicyclic) bond motifs is 2. The lowest BCUT2D eigenvalue weighted by atomic mass is 9.94. The normalized spacial score (nSPS) is 24.2. The third-order valence-electron chi connectivity index (χ3n) is 5.70. The third kappa shape index (κ3) is 3.45. The number of carbonyl (C=O) groups excluding carboxylic acids is 2. The van der Waals surface area contributed by atoms with E-state index in [1.807, 2.05) is 63.5 Å². The van der Waals surface area contributed by atoms with Crippen molar-refractivity contribution in [2.75, 3.05) is 13.1 Å². The van der Waals surface area contributed by atoms with Crippen molar-refractivity contribution in [3.8, 4) is 0 Å². The van der Waals surface area contributed by atoms with E-state index in [-0.39, 0.29) is 29.8 Å². The van der Waals surface area contributed by atoms with E-state index in [0.29, 0.717) is 13.1 Å². The SMILES string of the molecule is CC(C)(C)OC(=O)N1C[C@@H]2[C@H](C1)[C@H]2C(=O)NC(C)(C)c1ccn2ccnc2c1. The van der Waals surface area contributed by atoms with Crippen LogP contribution in [0.4, 0.5) is 4.79 Å². The highest BCUT2D eigenvalue weighted by molar-refractivity contribution is 5.84. The first-order valence-electron chi connectivity index (χ1n) is 9.78. The highest BCUT2D eigenvalue weighted by Gasteiger charge is 2.61. The minimum atomic E-state index is -0.499. The first-order chi connectivity index (χ1) is 13.0. The predicted molar refractivity (Wildman–Crippen MR) is 105 cm³/mol. The third-order valence-corrected chi connectivity index (χ3v) is 5.70. The number of hydrogen-bond donors (Lipinski definition) is 1. The summed E-state index contributed by atoms with van der Waals surface area (Å²) < 4.78 is 7.37. The lowest BCUT2D eigenvalue weighted by Gasteiger charge is -2.28. The van der Waals surface area contributed by atoms with Gasteiger partial charge in [0.15, 0.2) is 0 Å². The molecule has 1 N–H and O–H groups in total. The van der Waals surface area contributed by atoms with Crippen molar-refractivity contribution in [3.05, 3.63) is 36.3 Å². The van der Waals surface area contributed by atoms with Crippen LogP contribution in [0.15, 0.2) is 30.7 Å². The zero-order valence-electron chi connectivity index (χ0n) is 17.1. The van der Waals surface area contributed by atoms with Crippen LogP contribution < -0.4 is 5.32 Å². The molecule has 2 aliphatic rings. The number of likely N-dealkylation sites (tertiary alicyclic amines) is 1. The van der Waals surface area contributed by atoms with Crippen molar-refractivity contribution in [2.45, 2.75) is 45.8 Å². The minimum absolute atomic E-state index is 0.0203. The van der Waals surface area contributed by atoms with Crippen LogP contribution in [-0.4, -0.2) is 45.0 Å². The van der Waals surface area contributed by atoms with Gasteiger partial charge in [0, 0.05) is 37.6 Å². The van der Waals surface area contributed by atoms with Crippen LogP contribution in [0, 0.1) is 17.8 Å². The van der Waals surface area contributed by atoms with Gasteiger partial charge in [0.2, 0.25) is 5.91 Å². The molecule has 1 saturated heterocycles. The van der Waals surface area contributed by atoms with Crippen molar-refractivity contribution in [1.29, 1.82) is 0 Å². The number of amides is 2. The topological polar surface area (TPSA) is 75.9 Å². The first kappa shape index (κ1) is 18.8. The molecule has 0 aromatic carbocycles. The van der Waals surface area contributed by atoms with Crippen molar-refractivity contribution in [1.82, 2.24) is 19.6 Å². The number of nitrogens with one attached hydrogen (secondary N) is 1. The Kier molecular flexibility index (Phi) is 4.17. The second-order valence-electron chi connectivity index (χ2n) is 9.46. The summed E-state index contributed by atoms with van der Waals surface area (Å²) >= 11 is 0. The van der Waals surface area contributed by atoms with Gasteiger partial charge in [-0.3, -0.25) is 4.79 Å². The Bertz CT molecular complexity index is 915. The van der Waals surface area contributed by atoms with E-state index >= 15 is 0 Å². The first-order valence-corrected chi connectivity index (χ1v) is 9.78. The molecule has 150 valence electrons. The van der Waals surface area contributed by atoms with E-state index in [1.165, 1.54) is 0 Å². The van der Waals surface area contributed by atoms with E-state index < -0.39 is 11.1 Å². The zero-order chi connectivity index (χ0) is 20.3. The smallest absolute Gasteiger partial charge is 0.410 e. The fourth-order valence-corrected chi connectivity index (χ4v) is 4.15. The molecule has 2 aromatic rings. The van der Waals surface area contributed by atoms with E-state index in [2.05, 4.69) is 10.3 Å². The molecule has 0 radical (unpaired) electrons. The predicted octanol–water partition coefficient (Wildman–Crippen LogP) is 2.80. The average molecular weight is 384 g/mol. The van der Waals surface area contributed by atoms with Crippen LogP contribution in [0.25, 0.3) is 5.65 Å². The summed E-state index contributed by atoms with van der Waals surface area (Å²) in [5, 5.41) is 3.19. The standard InChI is InChI=1S/C21H28N4O3/c1-20(2,3)28-19(27)25-11-14-15(12-25)17(14)18(26)23-21(4,5)13-6-8-24-9-7-22-16(24)10-13/h6-10,14-15,17H,11-12H2,1-5H3,(H,23,26)/t14-,15+,17+. The average Bonchev–Trinajstić information content (AvgIpc) is 2.96. The molecule has 2 fully saturated rings. The second-order valence-corrected chi connectivity index (χ2v) is 9.46. The molecule has 4 rings (SSSR count). The van der Waals surface area contributed by atoms with Crippen molar-refractivity contribution >= 4 is 17.6 Å². The number of rotatable bonds is 3. The highest BCUT2D eigenvalue weighted by Crippen LogP contribution is 2.52. The summed E-state index contributed by atoms with van der Waals surface area (Å²) in [6.07, 6.45) is 5.32. The number of piperidine rings is 1. The molecule has 7 heteroatoms. The van der Waals surface area contributed by atoms with Gasteiger partial charge in [0.25, 0.3) is 0 Å². The summed E-state index contributed by atoms with van der Waals surface area (Å²) in [5.41, 5.74) is 0.879. The summed E-state index contributed by atoms with van der Waals surface area (Å²) in [6, 6.07) is 4.01. The van der Waals surface area contributed by atoms with Gasteiger partial charge in [-0.05, 0) is 64.2 Å². The van der Waals surface area contributed by atoms with Gasteiger partial charge in [0.1, 0.15) is 11.2 Å². The van der Waals surface area contributed by atoms with Gasteiger partial charge in [-0.25, -0.2) is 9.78 Å². The molecule has 28 heavy (non-hydrogen) atoms. The second kappa shape index (κ2) is 6.22. The van der Waals surface area contributed by atoms with Crippen molar-refractivity contribution < 1.29 is 14.3 Å². The van der Waals surface area contributed by atoms with Gasteiger partial charge < -0.3 is 19.4 Å². The monoisotopic (exact) mass is 384 g/mol. The number of hydrogen-bond acceptors (Lipinski definition) is 4. The summed E-state index contributed by atoms with van der Waals surface area (Å²) in [7, 11) is 0. The Morgan fingerprint density at radius 2 is 1.82 bits per heavy atom. The fraction of sp³-hybridized carbons (Fsp3) is 0.571. The van der Waals surface area contributed by atoms with Gasteiger partial charge in [0.05, 0.1) is 5.54 Å². The zero-order valence-corrected chi connectivity index (χ0v) is 17.1. The molecular weight excluding hydrogens is 356 g/mol. The van der Waals surface area contributed by atoms with Crippen LogP contribution in [0.1, 0.15) is 40.2 Å². The molecule has 3 heterocycles. The van der Waals surface area contributed by atoms with Gasteiger partial charge in [-0.2, -0.15) is 0 Å². The van der Waals surface area contributed by atoms with Gasteiger partial charge >= 0.3 is 6.09 Å². The van der Waals surface area contributed by atoms with Crippen LogP contribution in [0.3, 0.4) is 0 Å². The Balaban J connectivity index is 1.36. The quantitative estimate of drug-likeness (QED) is 0.883. The molecule has 1 aliphatic carbocycles. The number of ether oxygens (including phenoxy) is 1. The Morgan fingerprint density at radius 3 is 2.46 bits per heavy atom. The molecular formula is C21H28N4O3. The molecule has 0 unspecified atom stereocenters. The van der Waals surface area contributed by atoms with Crippen LogP contribution in [0.5, 0.6) is 0 Å². The number of imidazole rings is 1. The van der Waals surface area contributed by atoms with E-state index in [1.54, 1.807) is 11.1 Å². The fourth-order valence-electron chi connectivity index (χ4n) is 4.15. The minimum Gasteiger partial charge on any atom is -0.444 e. The van der Waals surface area contributed by atoms with Crippen LogP contribution in [-0.2, 0) is 15.1 Å².